The summed E-state index contributed by atoms with van der Waals surface area (Å²) in [5, 5.41) is 3.04. The molecule has 1 aliphatic carbocycles. The number of rotatable bonds is 6. The van der Waals surface area contributed by atoms with Gasteiger partial charge in [0.2, 0.25) is 5.91 Å². The molecule has 3 aliphatic rings. The van der Waals surface area contributed by atoms with Gasteiger partial charge in [-0.25, -0.2) is 9.18 Å². The molecule has 2 amide bonds. The molecule has 1 N–H and O–H groups in total. The summed E-state index contributed by atoms with van der Waals surface area (Å²) in [4.78, 5) is 27.4. The number of likely N-dealkylation sites (tertiary alicyclic amines) is 1. The third-order valence-electron chi connectivity index (χ3n) is 7.57. The van der Waals surface area contributed by atoms with Crippen LogP contribution in [-0.2, 0) is 19.0 Å². The molecule has 4 rings (SSSR count). The fourth-order valence-corrected chi connectivity index (χ4v) is 5.62. The predicted molar refractivity (Wildman–Crippen MR) is 134 cm³/mol. The molecule has 1 saturated carbocycles. The molecule has 0 spiro atoms. The van der Waals surface area contributed by atoms with Crippen molar-refractivity contribution in [3.63, 3.8) is 0 Å². The lowest BCUT2D eigenvalue weighted by Gasteiger charge is -2.40. The Bertz CT molecular complexity index is 890. The van der Waals surface area contributed by atoms with Gasteiger partial charge in [0, 0.05) is 31.7 Å². The van der Waals surface area contributed by atoms with Gasteiger partial charge in [0.25, 0.3) is 0 Å². The second-order valence-electron chi connectivity index (χ2n) is 11.5. The number of nitrogens with one attached hydrogen (secondary N) is 1. The largest absolute Gasteiger partial charge is 0.444 e. The van der Waals surface area contributed by atoms with Gasteiger partial charge in [0.15, 0.2) is 0 Å². The van der Waals surface area contributed by atoms with Gasteiger partial charge >= 0.3 is 6.09 Å². The topological polar surface area (TPSA) is 77.1 Å². The first-order valence-electron chi connectivity index (χ1n) is 13.4. The Morgan fingerprint density at radius 2 is 1.92 bits per heavy atom. The van der Waals surface area contributed by atoms with Crippen LogP contribution in [0.15, 0.2) is 24.3 Å². The lowest BCUT2D eigenvalue weighted by Crippen LogP contribution is -2.55. The first kappa shape index (κ1) is 26.9. The Morgan fingerprint density at radius 3 is 2.58 bits per heavy atom. The number of hydrogen-bond acceptors (Lipinski definition) is 5. The maximum absolute atomic E-state index is 13.6. The van der Waals surface area contributed by atoms with E-state index in [1.54, 1.807) is 12.1 Å². The van der Waals surface area contributed by atoms with E-state index in [0.29, 0.717) is 45.2 Å². The van der Waals surface area contributed by atoms with Crippen LogP contribution in [0.5, 0.6) is 0 Å². The molecule has 3 atom stereocenters. The van der Waals surface area contributed by atoms with E-state index in [1.165, 1.54) is 6.07 Å². The molecule has 36 heavy (non-hydrogen) atoms. The second kappa shape index (κ2) is 11.9. The molecule has 2 heterocycles. The Hall–Kier alpha value is -2.19. The Labute approximate surface area is 214 Å². The fraction of sp³-hybridized carbons (Fsp3) is 0.714. The molecule has 8 heteroatoms. The van der Waals surface area contributed by atoms with Crippen LogP contribution < -0.4 is 5.32 Å². The van der Waals surface area contributed by atoms with Crippen LogP contribution in [0.2, 0.25) is 0 Å². The molecule has 200 valence electrons. The number of piperidine rings is 1. The maximum atomic E-state index is 13.6. The van der Waals surface area contributed by atoms with Gasteiger partial charge in [-0.3, -0.25) is 4.79 Å². The number of ether oxygens (including phenoxy) is 3. The van der Waals surface area contributed by atoms with Gasteiger partial charge in [-0.2, -0.15) is 0 Å². The van der Waals surface area contributed by atoms with Crippen LogP contribution in [0.4, 0.5) is 9.18 Å². The quantitative estimate of drug-likeness (QED) is 0.611. The van der Waals surface area contributed by atoms with Crippen molar-refractivity contribution in [2.24, 2.45) is 11.8 Å². The van der Waals surface area contributed by atoms with Crippen molar-refractivity contribution >= 4 is 12.0 Å². The van der Waals surface area contributed by atoms with Gasteiger partial charge in [-0.05, 0) is 82.9 Å². The number of benzene rings is 1. The maximum Gasteiger partial charge on any atom is 0.407 e. The molecule has 2 aliphatic heterocycles. The van der Waals surface area contributed by atoms with Crippen LogP contribution in [0.3, 0.4) is 0 Å². The van der Waals surface area contributed by atoms with E-state index in [2.05, 4.69) is 5.32 Å². The Morgan fingerprint density at radius 1 is 1.14 bits per heavy atom. The van der Waals surface area contributed by atoms with Crippen LogP contribution >= 0.6 is 0 Å². The molecule has 1 aromatic carbocycles. The van der Waals surface area contributed by atoms with Crippen LogP contribution in [0.25, 0.3) is 0 Å². The van der Waals surface area contributed by atoms with E-state index >= 15 is 0 Å². The number of carbonyl (C=O) groups is 2. The number of amides is 2. The van der Waals surface area contributed by atoms with E-state index < -0.39 is 11.7 Å². The minimum Gasteiger partial charge on any atom is -0.444 e. The first-order valence-corrected chi connectivity index (χ1v) is 13.4. The summed E-state index contributed by atoms with van der Waals surface area (Å²) in [6.07, 6.45) is 4.89. The van der Waals surface area contributed by atoms with Gasteiger partial charge in [-0.15, -0.1) is 0 Å². The summed E-state index contributed by atoms with van der Waals surface area (Å²) < 4.78 is 30.9. The summed E-state index contributed by atoms with van der Waals surface area (Å²) >= 11 is 0. The number of carbonyl (C=O) groups excluding carboxylic acids is 2. The fourth-order valence-electron chi connectivity index (χ4n) is 5.62. The molecular formula is C28H41FN2O5. The highest BCUT2D eigenvalue weighted by atomic mass is 19.1. The standard InChI is InChI=1S/C28H41FN2O5/c1-28(2,3)36-27(33)30-25-11-13-31(26(32)21-12-14-34-17-21)16-22(25)18-35-24-9-7-19(8-10-24)20-5-4-6-23(29)15-20/h4-6,15,19,21-22,24-25H,7-14,16-18H2,1-3H3,(H,30,33)/t19?,21-,22?,24?,25?/m1/s1. The predicted octanol–water partition coefficient (Wildman–Crippen LogP) is 4.65. The highest BCUT2D eigenvalue weighted by Gasteiger charge is 2.37. The molecule has 1 aromatic rings. The van der Waals surface area contributed by atoms with Gasteiger partial charge in [-0.1, -0.05) is 12.1 Å². The Balaban J connectivity index is 1.33. The molecule has 7 nitrogen and oxygen atoms in total. The SMILES string of the molecule is CC(C)(C)OC(=O)NC1CCN(C(=O)[C@@H]2CCOC2)CC1COC1CCC(c2cccc(F)c2)CC1. The van der Waals surface area contributed by atoms with Gasteiger partial charge in [0.1, 0.15) is 11.4 Å². The van der Waals surface area contributed by atoms with Crippen molar-refractivity contribution in [2.45, 2.75) is 83.0 Å². The molecular weight excluding hydrogens is 463 g/mol. The van der Waals surface area contributed by atoms with Crippen LogP contribution in [-0.4, -0.2) is 67.6 Å². The minimum atomic E-state index is -0.574. The van der Waals surface area contributed by atoms with E-state index in [1.807, 2.05) is 31.7 Å². The third-order valence-corrected chi connectivity index (χ3v) is 7.57. The van der Waals surface area contributed by atoms with E-state index in [9.17, 15) is 14.0 Å². The van der Waals surface area contributed by atoms with Crippen molar-refractivity contribution in [2.75, 3.05) is 32.9 Å². The first-order chi connectivity index (χ1) is 17.2. The average molecular weight is 505 g/mol. The second-order valence-corrected chi connectivity index (χ2v) is 11.5. The normalized spacial score (nSPS) is 29.1. The highest BCUT2D eigenvalue weighted by molar-refractivity contribution is 5.79. The van der Waals surface area contributed by atoms with Crippen molar-refractivity contribution < 1.29 is 28.2 Å². The van der Waals surface area contributed by atoms with Crippen LogP contribution in [0, 0.1) is 17.7 Å². The summed E-state index contributed by atoms with van der Waals surface area (Å²) in [6, 6.07) is 6.79. The molecule has 2 saturated heterocycles. The van der Waals surface area contributed by atoms with Crippen molar-refractivity contribution in [3.8, 4) is 0 Å². The highest BCUT2D eigenvalue weighted by Crippen LogP contribution is 2.35. The number of alkyl carbamates (subject to hydrolysis) is 1. The molecule has 0 radical (unpaired) electrons. The zero-order valence-electron chi connectivity index (χ0n) is 21.8. The average Bonchev–Trinajstić information content (AvgIpc) is 3.37. The zero-order valence-corrected chi connectivity index (χ0v) is 21.8. The summed E-state index contributed by atoms with van der Waals surface area (Å²) in [7, 11) is 0. The molecule has 2 unspecified atom stereocenters. The smallest absolute Gasteiger partial charge is 0.407 e. The molecule has 3 fully saturated rings. The minimum absolute atomic E-state index is 0.0153. The van der Waals surface area contributed by atoms with Crippen molar-refractivity contribution in [3.05, 3.63) is 35.6 Å². The number of halogens is 1. The summed E-state index contributed by atoms with van der Waals surface area (Å²) in [6.45, 7) is 8.29. The number of nitrogens with zero attached hydrogens (tertiary/aromatic N) is 1. The monoisotopic (exact) mass is 504 g/mol. The number of hydrogen-bond donors (Lipinski definition) is 1. The lowest BCUT2D eigenvalue weighted by atomic mass is 9.82. The zero-order chi connectivity index (χ0) is 25.7. The third kappa shape index (κ3) is 7.42. The van der Waals surface area contributed by atoms with E-state index in [-0.39, 0.29) is 35.7 Å². The van der Waals surface area contributed by atoms with Gasteiger partial charge < -0.3 is 24.4 Å². The van der Waals surface area contributed by atoms with Crippen molar-refractivity contribution in [1.29, 1.82) is 0 Å². The Kier molecular flexibility index (Phi) is 8.88. The lowest BCUT2D eigenvalue weighted by molar-refractivity contribution is -0.138. The van der Waals surface area contributed by atoms with Gasteiger partial charge in [0.05, 0.1) is 25.2 Å². The van der Waals surface area contributed by atoms with Crippen LogP contribution in [0.1, 0.15) is 70.8 Å². The summed E-state index contributed by atoms with van der Waals surface area (Å²) in [5.41, 5.74) is 0.489. The van der Waals surface area contributed by atoms with E-state index in [4.69, 9.17) is 14.2 Å². The molecule has 0 aromatic heterocycles. The van der Waals surface area contributed by atoms with E-state index in [0.717, 1.165) is 37.7 Å². The summed E-state index contributed by atoms with van der Waals surface area (Å²) in [5.74, 6) is 0.232. The van der Waals surface area contributed by atoms with Crippen molar-refractivity contribution in [1.82, 2.24) is 10.2 Å². The molecule has 0 bridgehead atoms.